The van der Waals surface area contributed by atoms with Crippen LogP contribution in [0.2, 0.25) is 0 Å². The molecule has 0 aromatic heterocycles. The highest BCUT2D eigenvalue weighted by Crippen LogP contribution is 2.10. The van der Waals surface area contributed by atoms with Crippen LogP contribution in [0.4, 0.5) is 0 Å². The molecule has 0 aliphatic rings. The number of aliphatic carboxylic acids is 1. The van der Waals surface area contributed by atoms with E-state index in [1.165, 1.54) is 7.05 Å². The van der Waals surface area contributed by atoms with Crippen molar-refractivity contribution in [1.82, 2.24) is 4.31 Å². The average molecular weight is 282 g/mol. The van der Waals surface area contributed by atoms with Gasteiger partial charge in [-0.1, -0.05) is 12.1 Å². The van der Waals surface area contributed by atoms with Gasteiger partial charge < -0.3 is 5.11 Å². The van der Waals surface area contributed by atoms with Crippen molar-refractivity contribution in [3.63, 3.8) is 0 Å². The molecule has 1 aromatic rings. The first kappa shape index (κ1) is 15.1. The van der Waals surface area contributed by atoms with Crippen molar-refractivity contribution in [1.29, 1.82) is 5.26 Å². The van der Waals surface area contributed by atoms with Crippen LogP contribution in [0.15, 0.2) is 24.3 Å². The van der Waals surface area contributed by atoms with Gasteiger partial charge in [-0.25, -0.2) is 12.7 Å². The molecular formula is C12H14N2O4S. The predicted octanol–water partition coefficient (Wildman–Crippen LogP) is 0.795. The highest BCUT2D eigenvalue weighted by atomic mass is 32.2. The Balaban J connectivity index is 2.70. The molecule has 0 fully saturated rings. The molecule has 0 radical (unpaired) electrons. The number of carbonyl (C=O) groups is 1. The zero-order valence-corrected chi connectivity index (χ0v) is 11.2. The largest absolute Gasteiger partial charge is 0.481 e. The molecule has 0 amide bonds. The Morgan fingerprint density at radius 1 is 1.37 bits per heavy atom. The van der Waals surface area contributed by atoms with E-state index in [0.29, 0.717) is 5.56 Å². The predicted molar refractivity (Wildman–Crippen MR) is 68.7 cm³/mol. The molecule has 6 nitrogen and oxygen atoms in total. The first-order valence-corrected chi connectivity index (χ1v) is 7.11. The van der Waals surface area contributed by atoms with Gasteiger partial charge in [0.1, 0.15) is 0 Å². The molecule has 19 heavy (non-hydrogen) atoms. The number of hydrogen-bond donors (Lipinski definition) is 1. The van der Waals surface area contributed by atoms with E-state index in [4.69, 9.17) is 10.4 Å². The van der Waals surface area contributed by atoms with E-state index in [1.54, 1.807) is 24.3 Å². The third-order valence-corrected chi connectivity index (χ3v) is 4.34. The van der Waals surface area contributed by atoms with Crippen molar-refractivity contribution in [2.45, 2.75) is 13.0 Å². The van der Waals surface area contributed by atoms with Crippen molar-refractivity contribution in [2.75, 3.05) is 12.8 Å². The number of nitriles is 1. The summed E-state index contributed by atoms with van der Waals surface area (Å²) in [4.78, 5) is 10.4. The summed E-state index contributed by atoms with van der Waals surface area (Å²) < 4.78 is 24.7. The number of sulfonamides is 1. The van der Waals surface area contributed by atoms with Gasteiger partial charge in [0.15, 0.2) is 0 Å². The minimum atomic E-state index is -3.58. The average Bonchev–Trinajstić information content (AvgIpc) is 2.37. The van der Waals surface area contributed by atoms with Crippen LogP contribution >= 0.6 is 0 Å². The van der Waals surface area contributed by atoms with Gasteiger partial charge >= 0.3 is 5.97 Å². The van der Waals surface area contributed by atoms with Crippen LogP contribution in [0, 0.1) is 11.3 Å². The van der Waals surface area contributed by atoms with Crippen molar-refractivity contribution in [3.8, 4) is 6.07 Å². The Kier molecular flexibility index (Phi) is 5.03. The molecular weight excluding hydrogens is 268 g/mol. The van der Waals surface area contributed by atoms with Crippen LogP contribution in [0.25, 0.3) is 0 Å². The molecule has 0 heterocycles. The van der Waals surface area contributed by atoms with Gasteiger partial charge in [-0.15, -0.1) is 0 Å². The van der Waals surface area contributed by atoms with Crippen LogP contribution in [-0.4, -0.2) is 36.6 Å². The SMILES string of the molecule is CN(Cc1ccc(C#N)cc1)S(=O)(=O)CCC(=O)O. The summed E-state index contributed by atoms with van der Waals surface area (Å²) in [5.41, 5.74) is 1.24. The van der Waals surface area contributed by atoms with Crippen LogP contribution in [0.1, 0.15) is 17.5 Å². The third-order valence-electron chi connectivity index (χ3n) is 2.54. The maximum absolute atomic E-state index is 11.8. The van der Waals surface area contributed by atoms with E-state index >= 15 is 0 Å². The van der Waals surface area contributed by atoms with Gasteiger partial charge in [-0.3, -0.25) is 4.79 Å². The van der Waals surface area contributed by atoms with Gasteiger partial charge in [0.05, 0.1) is 23.8 Å². The van der Waals surface area contributed by atoms with Crippen LogP contribution in [-0.2, 0) is 21.4 Å². The smallest absolute Gasteiger partial charge is 0.304 e. The van der Waals surface area contributed by atoms with Gasteiger partial charge in [-0.05, 0) is 17.7 Å². The summed E-state index contributed by atoms with van der Waals surface area (Å²) in [6.45, 7) is 0.146. The fourth-order valence-corrected chi connectivity index (χ4v) is 2.50. The number of carboxylic acids is 1. The highest BCUT2D eigenvalue weighted by Gasteiger charge is 2.19. The lowest BCUT2D eigenvalue weighted by Crippen LogP contribution is -2.29. The molecule has 0 saturated heterocycles. The van der Waals surface area contributed by atoms with Gasteiger partial charge in [0.2, 0.25) is 10.0 Å². The number of benzene rings is 1. The summed E-state index contributed by atoms with van der Waals surface area (Å²) in [6.07, 6.45) is -0.417. The second kappa shape index (κ2) is 6.31. The summed E-state index contributed by atoms with van der Waals surface area (Å²) in [7, 11) is -2.18. The van der Waals surface area contributed by atoms with E-state index in [9.17, 15) is 13.2 Å². The summed E-state index contributed by atoms with van der Waals surface area (Å²) in [5, 5.41) is 17.1. The summed E-state index contributed by atoms with van der Waals surface area (Å²) in [5.74, 6) is -1.56. The molecule has 0 saturated carbocycles. The maximum Gasteiger partial charge on any atom is 0.304 e. The molecule has 7 heteroatoms. The van der Waals surface area contributed by atoms with Crippen LogP contribution in [0.5, 0.6) is 0 Å². The maximum atomic E-state index is 11.8. The van der Waals surface area contributed by atoms with E-state index < -0.39 is 28.2 Å². The Bertz CT molecular complexity index is 587. The topological polar surface area (TPSA) is 98.5 Å². The van der Waals surface area contributed by atoms with Gasteiger partial charge in [0, 0.05) is 13.6 Å². The van der Waals surface area contributed by atoms with E-state index in [2.05, 4.69) is 0 Å². The molecule has 0 atom stereocenters. The van der Waals surface area contributed by atoms with Gasteiger partial charge in [-0.2, -0.15) is 5.26 Å². The zero-order chi connectivity index (χ0) is 14.5. The summed E-state index contributed by atoms with van der Waals surface area (Å²) >= 11 is 0. The van der Waals surface area contributed by atoms with E-state index in [1.807, 2.05) is 6.07 Å². The molecule has 0 aliphatic heterocycles. The normalized spacial score (nSPS) is 11.2. The molecule has 0 spiro atoms. The van der Waals surface area contributed by atoms with Gasteiger partial charge in [0.25, 0.3) is 0 Å². The number of hydrogen-bond acceptors (Lipinski definition) is 4. The third kappa shape index (κ3) is 4.69. The van der Waals surface area contributed by atoms with Crippen molar-refractivity contribution in [3.05, 3.63) is 35.4 Å². The minimum Gasteiger partial charge on any atom is -0.481 e. The minimum absolute atomic E-state index is 0.146. The highest BCUT2D eigenvalue weighted by molar-refractivity contribution is 7.89. The first-order valence-electron chi connectivity index (χ1n) is 5.50. The molecule has 1 rings (SSSR count). The quantitative estimate of drug-likeness (QED) is 0.831. The molecule has 102 valence electrons. The standard InChI is InChI=1S/C12H14N2O4S/c1-14(19(17,18)7-6-12(15)16)9-11-4-2-10(8-13)3-5-11/h2-5H,6-7,9H2,1H3,(H,15,16). The van der Waals surface area contributed by atoms with Crippen LogP contribution < -0.4 is 0 Å². The van der Waals surface area contributed by atoms with Crippen molar-refractivity contribution < 1.29 is 18.3 Å². The van der Waals surface area contributed by atoms with Crippen molar-refractivity contribution >= 4 is 16.0 Å². The fraction of sp³-hybridized carbons (Fsp3) is 0.333. The molecule has 0 unspecified atom stereocenters. The van der Waals surface area contributed by atoms with Crippen molar-refractivity contribution in [2.24, 2.45) is 0 Å². The second-order valence-corrected chi connectivity index (χ2v) is 6.22. The molecule has 1 aromatic carbocycles. The zero-order valence-electron chi connectivity index (χ0n) is 10.4. The Morgan fingerprint density at radius 2 is 1.95 bits per heavy atom. The monoisotopic (exact) mass is 282 g/mol. The number of carboxylic acid groups (broad SMARTS) is 1. The Hall–Kier alpha value is -1.91. The van der Waals surface area contributed by atoms with E-state index in [-0.39, 0.29) is 6.54 Å². The first-order chi connectivity index (χ1) is 8.85. The number of rotatable bonds is 6. The lowest BCUT2D eigenvalue weighted by Gasteiger charge is -2.16. The van der Waals surface area contributed by atoms with Crippen LogP contribution in [0.3, 0.4) is 0 Å². The number of nitrogens with zero attached hydrogens (tertiary/aromatic N) is 2. The fourth-order valence-electron chi connectivity index (χ4n) is 1.41. The van der Waals surface area contributed by atoms with E-state index in [0.717, 1.165) is 9.87 Å². The Labute approximate surface area is 111 Å². The lowest BCUT2D eigenvalue weighted by atomic mass is 10.1. The lowest BCUT2D eigenvalue weighted by molar-refractivity contribution is -0.136. The Morgan fingerprint density at radius 3 is 2.42 bits per heavy atom. The molecule has 0 bridgehead atoms. The molecule has 1 N–H and O–H groups in total. The molecule has 0 aliphatic carbocycles. The second-order valence-electron chi connectivity index (χ2n) is 4.02. The summed E-state index contributed by atoms with van der Waals surface area (Å²) in [6, 6.07) is 8.52.